The zero-order valence-electron chi connectivity index (χ0n) is 12.0. The Morgan fingerprint density at radius 1 is 1.15 bits per heavy atom. The first-order chi connectivity index (χ1) is 9.88. The van der Waals surface area contributed by atoms with E-state index in [1.54, 1.807) is 7.11 Å². The maximum Gasteiger partial charge on any atom is 0.178 e. The standard InChI is InChI=1S/C14H21N5O/c1-20-11-5-6-12-15-16-13-7-8-14(17-19(12)13)18-9-3-2-4-10-18/h7-8H,2-6,9-11H2,1H3. The summed E-state index contributed by atoms with van der Waals surface area (Å²) in [6, 6.07) is 4.05. The van der Waals surface area contributed by atoms with Crippen molar-refractivity contribution in [1.82, 2.24) is 19.8 Å². The summed E-state index contributed by atoms with van der Waals surface area (Å²) in [5.74, 6) is 1.95. The summed E-state index contributed by atoms with van der Waals surface area (Å²) in [5, 5.41) is 13.1. The van der Waals surface area contributed by atoms with Crippen molar-refractivity contribution in [3.05, 3.63) is 18.0 Å². The summed E-state index contributed by atoms with van der Waals surface area (Å²) in [6.45, 7) is 2.93. The van der Waals surface area contributed by atoms with Gasteiger partial charge in [-0.25, -0.2) is 0 Å². The monoisotopic (exact) mass is 275 g/mol. The molecule has 0 bridgehead atoms. The lowest BCUT2D eigenvalue weighted by atomic mass is 10.1. The maximum absolute atomic E-state index is 5.09. The van der Waals surface area contributed by atoms with Crippen LogP contribution >= 0.6 is 0 Å². The quantitative estimate of drug-likeness (QED) is 0.777. The molecule has 1 saturated heterocycles. The number of rotatable bonds is 5. The average Bonchev–Trinajstić information content (AvgIpc) is 2.91. The Kier molecular flexibility index (Phi) is 4.11. The normalized spacial score (nSPS) is 15.9. The molecule has 2 aromatic rings. The fourth-order valence-electron chi connectivity index (χ4n) is 2.65. The highest BCUT2D eigenvalue weighted by Crippen LogP contribution is 2.18. The van der Waals surface area contributed by atoms with Gasteiger partial charge in [0.2, 0.25) is 0 Å². The van der Waals surface area contributed by atoms with Crippen molar-refractivity contribution in [1.29, 1.82) is 0 Å². The summed E-state index contributed by atoms with van der Waals surface area (Å²) in [6.07, 6.45) is 5.61. The van der Waals surface area contributed by atoms with Gasteiger partial charge in [-0.1, -0.05) is 0 Å². The van der Waals surface area contributed by atoms with E-state index in [0.29, 0.717) is 0 Å². The second-order valence-electron chi connectivity index (χ2n) is 5.22. The van der Waals surface area contributed by atoms with Crippen molar-refractivity contribution in [2.45, 2.75) is 32.1 Å². The number of methoxy groups -OCH3 is 1. The van der Waals surface area contributed by atoms with Gasteiger partial charge in [-0.3, -0.25) is 0 Å². The molecule has 3 rings (SSSR count). The van der Waals surface area contributed by atoms with Gasteiger partial charge in [-0.15, -0.1) is 15.3 Å². The van der Waals surface area contributed by atoms with E-state index in [2.05, 4.69) is 15.1 Å². The molecule has 1 aliphatic heterocycles. The molecule has 0 N–H and O–H groups in total. The third-order valence-corrected chi connectivity index (χ3v) is 3.74. The largest absolute Gasteiger partial charge is 0.385 e. The number of aryl methyl sites for hydroxylation is 1. The van der Waals surface area contributed by atoms with Crippen LogP contribution in [0.25, 0.3) is 5.65 Å². The Morgan fingerprint density at radius 2 is 2.00 bits per heavy atom. The van der Waals surface area contributed by atoms with Crippen LogP contribution in [0.5, 0.6) is 0 Å². The van der Waals surface area contributed by atoms with E-state index in [0.717, 1.165) is 49.8 Å². The highest BCUT2D eigenvalue weighted by Gasteiger charge is 2.14. The number of hydrogen-bond donors (Lipinski definition) is 0. The third-order valence-electron chi connectivity index (χ3n) is 3.74. The molecule has 3 heterocycles. The topological polar surface area (TPSA) is 55.6 Å². The van der Waals surface area contributed by atoms with Crippen LogP contribution in [-0.4, -0.2) is 46.6 Å². The SMILES string of the molecule is COCCCc1nnc2ccc(N3CCCCC3)nn12. The van der Waals surface area contributed by atoms with Gasteiger partial charge in [-0.05, 0) is 37.8 Å². The molecule has 108 valence electrons. The first-order valence-corrected chi connectivity index (χ1v) is 7.34. The molecule has 20 heavy (non-hydrogen) atoms. The van der Waals surface area contributed by atoms with Crippen LogP contribution < -0.4 is 4.90 Å². The van der Waals surface area contributed by atoms with E-state index in [4.69, 9.17) is 9.84 Å². The Bertz CT molecular complexity index is 562. The number of fused-ring (bicyclic) bond motifs is 1. The van der Waals surface area contributed by atoms with Crippen molar-refractivity contribution < 1.29 is 4.74 Å². The Balaban J connectivity index is 1.82. The zero-order valence-corrected chi connectivity index (χ0v) is 12.0. The summed E-state index contributed by atoms with van der Waals surface area (Å²) >= 11 is 0. The minimum absolute atomic E-state index is 0.737. The van der Waals surface area contributed by atoms with Gasteiger partial charge < -0.3 is 9.64 Å². The van der Waals surface area contributed by atoms with Crippen LogP contribution in [0.4, 0.5) is 5.82 Å². The lowest BCUT2D eigenvalue weighted by molar-refractivity contribution is 0.194. The highest BCUT2D eigenvalue weighted by atomic mass is 16.5. The predicted octanol–water partition coefficient (Wildman–Crippen LogP) is 1.69. The molecule has 2 aromatic heterocycles. The first kappa shape index (κ1) is 13.3. The summed E-state index contributed by atoms with van der Waals surface area (Å²) in [5.41, 5.74) is 0.818. The van der Waals surface area contributed by atoms with Crippen LogP contribution in [0.3, 0.4) is 0 Å². The Morgan fingerprint density at radius 3 is 2.80 bits per heavy atom. The molecule has 0 atom stereocenters. The van der Waals surface area contributed by atoms with Crippen LogP contribution in [0, 0.1) is 0 Å². The van der Waals surface area contributed by atoms with Gasteiger partial charge in [-0.2, -0.15) is 4.52 Å². The summed E-state index contributed by atoms with van der Waals surface area (Å²) < 4.78 is 6.96. The molecule has 1 aliphatic rings. The van der Waals surface area contributed by atoms with E-state index >= 15 is 0 Å². The lowest BCUT2D eigenvalue weighted by Gasteiger charge is -2.27. The van der Waals surface area contributed by atoms with E-state index in [-0.39, 0.29) is 0 Å². The Hall–Kier alpha value is -1.69. The maximum atomic E-state index is 5.09. The molecule has 6 nitrogen and oxygen atoms in total. The number of hydrogen-bond acceptors (Lipinski definition) is 5. The molecule has 0 spiro atoms. The average molecular weight is 275 g/mol. The third kappa shape index (κ3) is 2.75. The van der Waals surface area contributed by atoms with Crippen molar-refractivity contribution >= 4 is 11.5 Å². The van der Waals surface area contributed by atoms with Gasteiger partial charge >= 0.3 is 0 Å². The number of piperidine rings is 1. The molecule has 0 radical (unpaired) electrons. The molecule has 0 aromatic carbocycles. The second-order valence-corrected chi connectivity index (χ2v) is 5.22. The van der Waals surface area contributed by atoms with Crippen molar-refractivity contribution in [3.8, 4) is 0 Å². The number of aromatic nitrogens is 4. The highest BCUT2D eigenvalue weighted by molar-refractivity contribution is 5.45. The smallest absolute Gasteiger partial charge is 0.178 e. The van der Waals surface area contributed by atoms with E-state index in [1.165, 1.54) is 19.3 Å². The molecular weight excluding hydrogens is 254 g/mol. The van der Waals surface area contributed by atoms with Crippen molar-refractivity contribution in [2.75, 3.05) is 31.7 Å². The van der Waals surface area contributed by atoms with Gasteiger partial charge in [0.25, 0.3) is 0 Å². The Labute approximate surface area is 118 Å². The molecule has 0 unspecified atom stereocenters. The second kappa shape index (κ2) is 6.17. The van der Waals surface area contributed by atoms with E-state index in [9.17, 15) is 0 Å². The number of ether oxygens (including phenoxy) is 1. The van der Waals surface area contributed by atoms with Crippen LogP contribution in [-0.2, 0) is 11.2 Å². The predicted molar refractivity (Wildman–Crippen MR) is 77.0 cm³/mol. The van der Waals surface area contributed by atoms with Crippen molar-refractivity contribution in [3.63, 3.8) is 0 Å². The minimum atomic E-state index is 0.737. The van der Waals surface area contributed by atoms with Crippen LogP contribution in [0.15, 0.2) is 12.1 Å². The van der Waals surface area contributed by atoms with Gasteiger partial charge in [0, 0.05) is 33.2 Å². The van der Waals surface area contributed by atoms with Crippen LogP contribution in [0.2, 0.25) is 0 Å². The first-order valence-electron chi connectivity index (χ1n) is 7.34. The molecule has 0 aliphatic carbocycles. The zero-order chi connectivity index (χ0) is 13.8. The van der Waals surface area contributed by atoms with Crippen molar-refractivity contribution in [2.24, 2.45) is 0 Å². The van der Waals surface area contributed by atoms with Gasteiger partial charge in [0.15, 0.2) is 11.5 Å². The fourth-order valence-corrected chi connectivity index (χ4v) is 2.65. The number of anilines is 1. The van der Waals surface area contributed by atoms with Gasteiger partial charge in [0.05, 0.1) is 0 Å². The van der Waals surface area contributed by atoms with Gasteiger partial charge in [0.1, 0.15) is 5.82 Å². The molecule has 0 amide bonds. The summed E-state index contributed by atoms with van der Waals surface area (Å²) in [4.78, 5) is 2.35. The van der Waals surface area contributed by atoms with Crippen LogP contribution in [0.1, 0.15) is 31.5 Å². The lowest BCUT2D eigenvalue weighted by Crippen LogP contribution is -2.30. The minimum Gasteiger partial charge on any atom is -0.385 e. The molecule has 0 saturated carbocycles. The van der Waals surface area contributed by atoms with E-state index < -0.39 is 0 Å². The molecule has 1 fully saturated rings. The number of nitrogens with zero attached hydrogens (tertiary/aromatic N) is 5. The molecular formula is C14H21N5O. The molecule has 6 heteroatoms. The fraction of sp³-hybridized carbons (Fsp3) is 0.643. The summed E-state index contributed by atoms with van der Waals surface area (Å²) in [7, 11) is 1.72. The van der Waals surface area contributed by atoms with E-state index in [1.807, 2.05) is 16.6 Å².